The molecule has 0 aromatic carbocycles. The third-order valence-corrected chi connectivity index (χ3v) is 7.19. The highest BCUT2D eigenvalue weighted by atomic mass is 32.1. The van der Waals surface area contributed by atoms with Crippen molar-refractivity contribution in [3.05, 3.63) is 46.1 Å². The van der Waals surface area contributed by atoms with Crippen LogP contribution in [0.4, 0.5) is 5.00 Å². The van der Waals surface area contributed by atoms with Gasteiger partial charge in [0.2, 0.25) is 5.91 Å². The number of fused-ring (bicyclic) bond motifs is 1. The van der Waals surface area contributed by atoms with Crippen molar-refractivity contribution in [1.29, 1.82) is 0 Å². The molecular weight excluding hydrogens is 356 g/mol. The molecule has 1 saturated heterocycles. The second-order valence-corrected chi connectivity index (χ2v) is 9.07. The number of carbonyl (C=O) groups is 1. The van der Waals surface area contributed by atoms with Crippen molar-refractivity contribution in [2.45, 2.75) is 38.6 Å². The van der Waals surface area contributed by atoms with Crippen LogP contribution in [0.15, 0.2) is 24.5 Å². The normalized spacial score (nSPS) is 23.5. The first kappa shape index (κ1) is 18.6. The van der Waals surface area contributed by atoms with Gasteiger partial charge in [0.1, 0.15) is 37.2 Å². The van der Waals surface area contributed by atoms with Crippen LogP contribution in [0, 0.1) is 0 Å². The monoisotopic (exact) mass is 386 g/mol. The Bertz CT molecular complexity index is 796. The highest BCUT2D eigenvalue weighted by Crippen LogP contribution is 2.42. The highest BCUT2D eigenvalue weighted by molar-refractivity contribution is 7.16. The zero-order valence-electron chi connectivity index (χ0n) is 16.3. The summed E-state index contributed by atoms with van der Waals surface area (Å²) in [5, 5.41) is 4.24. The number of anilines is 1. The van der Waals surface area contributed by atoms with Gasteiger partial charge in [-0.1, -0.05) is 0 Å². The van der Waals surface area contributed by atoms with E-state index in [0.717, 1.165) is 30.9 Å². The van der Waals surface area contributed by atoms with Crippen molar-refractivity contribution in [2.24, 2.45) is 0 Å². The molecule has 1 aliphatic heterocycles. The van der Waals surface area contributed by atoms with Gasteiger partial charge >= 0.3 is 0 Å². The van der Waals surface area contributed by atoms with E-state index in [4.69, 9.17) is 0 Å². The summed E-state index contributed by atoms with van der Waals surface area (Å²) in [6, 6.07) is 4.51. The third-order valence-electron chi connectivity index (χ3n) is 5.96. The van der Waals surface area contributed by atoms with Crippen LogP contribution in [-0.2, 0) is 17.6 Å². The van der Waals surface area contributed by atoms with Gasteiger partial charge in [-0.2, -0.15) is 0 Å². The molecule has 6 heteroatoms. The van der Waals surface area contributed by atoms with E-state index >= 15 is 0 Å². The molecule has 3 heterocycles. The summed E-state index contributed by atoms with van der Waals surface area (Å²) in [7, 11) is 2.28. The first-order valence-corrected chi connectivity index (χ1v) is 10.9. The molecule has 2 aliphatic rings. The predicted molar refractivity (Wildman–Crippen MR) is 109 cm³/mol. The fraction of sp³-hybridized carbons (Fsp3) is 0.524. The lowest BCUT2D eigenvalue weighted by Gasteiger charge is -2.34. The molecule has 1 amide bonds. The van der Waals surface area contributed by atoms with Crippen molar-refractivity contribution in [3.8, 4) is 0 Å². The number of quaternary nitrogens is 2. The number of aromatic nitrogens is 1. The van der Waals surface area contributed by atoms with Crippen LogP contribution in [0.2, 0.25) is 0 Å². The SMILES string of the molecule is CC(=O)Nc1sc2c(c1[C@H](c1cccnc1)[NH+]1CC[NH+](C)CC1)CCCC2. The Hall–Kier alpha value is -1.76. The second-order valence-electron chi connectivity index (χ2n) is 7.97. The first-order valence-electron chi connectivity index (χ1n) is 10.1. The number of carbonyl (C=O) groups excluding carboxylic acids is 1. The first-order chi connectivity index (χ1) is 13.1. The Morgan fingerprint density at radius 2 is 2.00 bits per heavy atom. The van der Waals surface area contributed by atoms with Gasteiger partial charge in [0, 0.05) is 29.8 Å². The Kier molecular flexibility index (Phi) is 5.57. The molecule has 4 rings (SSSR count). The van der Waals surface area contributed by atoms with E-state index < -0.39 is 0 Å². The van der Waals surface area contributed by atoms with Gasteiger partial charge in [0.05, 0.1) is 12.6 Å². The van der Waals surface area contributed by atoms with Crippen molar-refractivity contribution >= 4 is 22.2 Å². The van der Waals surface area contributed by atoms with Crippen molar-refractivity contribution in [2.75, 3.05) is 38.5 Å². The number of hydrogen-bond donors (Lipinski definition) is 3. The molecule has 1 fully saturated rings. The standard InChI is InChI=1S/C21H28N4OS/c1-15(26)23-21-19(17-7-3-4-8-18(17)27-21)20(16-6-5-9-22-14-16)25-12-10-24(2)11-13-25/h5-6,9,14,20H,3-4,7-8,10-13H2,1-2H3,(H,23,26)/p+2/t20-/m0/s1. The van der Waals surface area contributed by atoms with E-state index in [1.165, 1.54) is 47.5 Å². The number of amides is 1. The van der Waals surface area contributed by atoms with E-state index in [-0.39, 0.29) is 11.9 Å². The number of hydrogen-bond acceptors (Lipinski definition) is 3. The molecule has 27 heavy (non-hydrogen) atoms. The number of pyridine rings is 1. The van der Waals surface area contributed by atoms with E-state index in [9.17, 15) is 4.79 Å². The van der Waals surface area contributed by atoms with E-state index in [0.29, 0.717) is 0 Å². The number of piperazine rings is 1. The second kappa shape index (κ2) is 8.09. The number of likely N-dealkylation sites (N-methyl/N-ethyl adjacent to an activating group) is 1. The summed E-state index contributed by atoms with van der Waals surface area (Å²) in [4.78, 5) is 21.0. The largest absolute Gasteiger partial charge is 0.328 e. The number of aryl methyl sites for hydroxylation is 1. The lowest BCUT2D eigenvalue weighted by Crippen LogP contribution is -3.27. The van der Waals surface area contributed by atoms with Crippen LogP contribution in [-0.4, -0.2) is 44.1 Å². The van der Waals surface area contributed by atoms with E-state index in [2.05, 4.69) is 23.4 Å². The number of thiophene rings is 1. The highest BCUT2D eigenvalue weighted by Gasteiger charge is 2.36. The van der Waals surface area contributed by atoms with Gasteiger partial charge in [-0.15, -0.1) is 11.3 Å². The number of rotatable bonds is 4. The molecule has 144 valence electrons. The lowest BCUT2D eigenvalue weighted by molar-refractivity contribution is -1.02. The average molecular weight is 387 g/mol. The quantitative estimate of drug-likeness (QED) is 0.716. The molecule has 0 bridgehead atoms. The minimum atomic E-state index is 0.0256. The molecule has 5 nitrogen and oxygen atoms in total. The molecule has 0 saturated carbocycles. The molecule has 2 aromatic heterocycles. The average Bonchev–Trinajstić information content (AvgIpc) is 3.02. The van der Waals surface area contributed by atoms with E-state index in [1.54, 1.807) is 28.1 Å². The van der Waals surface area contributed by atoms with E-state index in [1.807, 2.05) is 18.5 Å². The summed E-state index contributed by atoms with van der Waals surface area (Å²) in [6.07, 6.45) is 8.66. The molecule has 2 aromatic rings. The fourth-order valence-electron chi connectivity index (χ4n) is 4.59. The van der Waals surface area contributed by atoms with Crippen molar-refractivity contribution < 1.29 is 14.6 Å². The number of nitrogens with one attached hydrogen (secondary N) is 3. The summed E-state index contributed by atoms with van der Waals surface area (Å²) >= 11 is 1.81. The molecular formula is C21H30N4OS+2. The lowest BCUT2D eigenvalue weighted by atomic mass is 9.89. The summed E-state index contributed by atoms with van der Waals surface area (Å²) in [5.41, 5.74) is 4.14. The molecule has 0 unspecified atom stereocenters. The summed E-state index contributed by atoms with van der Waals surface area (Å²) < 4.78 is 0. The van der Waals surface area contributed by atoms with Gasteiger partial charge in [-0.25, -0.2) is 0 Å². The van der Waals surface area contributed by atoms with Gasteiger partial charge in [-0.05, 0) is 43.4 Å². The number of nitrogens with zero attached hydrogens (tertiary/aromatic N) is 1. The van der Waals surface area contributed by atoms with Crippen LogP contribution in [0.1, 0.15) is 47.4 Å². The Morgan fingerprint density at radius 1 is 1.22 bits per heavy atom. The fourth-order valence-corrected chi connectivity index (χ4v) is 5.96. The van der Waals surface area contributed by atoms with Gasteiger partial charge in [0.15, 0.2) is 0 Å². The van der Waals surface area contributed by atoms with Crippen molar-refractivity contribution in [1.82, 2.24) is 4.98 Å². The molecule has 1 atom stereocenters. The summed E-state index contributed by atoms with van der Waals surface area (Å²) in [5.74, 6) is 0.0256. The summed E-state index contributed by atoms with van der Waals surface area (Å²) in [6.45, 7) is 6.29. The molecule has 3 N–H and O–H groups in total. The van der Waals surface area contributed by atoms with Crippen LogP contribution in [0.3, 0.4) is 0 Å². The van der Waals surface area contributed by atoms with Gasteiger partial charge in [-0.3, -0.25) is 9.78 Å². The maximum absolute atomic E-state index is 11.9. The predicted octanol–water partition coefficient (Wildman–Crippen LogP) is 0.483. The zero-order valence-corrected chi connectivity index (χ0v) is 17.1. The molecule has 0 radical (unpaired) electrons. The van der Waals surface area contributed by atoms with Crippen LogP contribution in [0.5, 0.6) is 0 Å². The van der Waals surface area contributed by atoms with Gasteiger partial charge in [0.25, 0.3) is 0 Å². The van der Waals surface area contributed by atoms with Gasteiger partial charge < -0.3 is 15.1 Å². The maximum atomic E-state index is 11.9. The molecule has 0 spiro atoms. The van der Waals surface area contributed by atoms with Crippen molar-refractivity contribution in [3.63, 3.8) is 0 Å². The van der Waals surface area contributed by atoms with Crippen LogP contribution < -0.4 is 15.1 Å². The topological polar surface area (TPSA) is 50.9 Å². The van der Waals surface area contributed by atoms with Crippen LogP contribution in [0.25, 0.3) is 0 Å². The Labute approximate surface area is 165 Å². The third kappa shape index (κ3) is 3.93. The maximum Gasteiger partial charge on any atom is 0.221 e. The van der Waals surface area contributed by atoms with Crippen LogP contribution >= 0.6 is 11.3 Å². The Morgan fingerprint density at radius 3 is 2.70 bits per heavy atom. The minimum Gasteiger partial charge on any atom is -0.328 e. The smallest absolute Gasteiger partial charge is 0.221 e. The Balaban J connectivity index is 1.82. The minimum absolute atomic E-state index is 0.0256. The molecule has 1 aliphatic carbocycles. The zero-order chi connectivity index (χ0) is 18.8.